The minimum atomic E-state index is 0.0434. The van der Waals surface area contributed by atoms with Crippen molar-refractivity contribution in [2.45, 2.75) is 32.3 Å². The number of anilines is 2. The molecule has 3 aromatic rings. The quantitative estimate of drug-likeness (QED) is 0.671. The molecule has 0 spiro atoms. The number of nitrogen functional groups attached to an aromatic ring is 2. The van der Waals surface area contributed by atoms with Crippen molar-refractivity contribution < 1.29 is 4.74 Å². The number of nitrogens with zero attached hydrogens (tertiary/aromatic N) is 2. The van der Waals surface area contributed by atoms with Crippen LogP contribution in [0.1, 0.15) is 36.8 Å². The summed E-state index contributed by atoms with van der Waals surface area (Å²) in [6, 6.07) is 5.99. The summed E-state index contributed by atoms with van der Waals surface area (Å²) < 4.78 is 5.95. The second-order valence-electron chi connectivity index (χ2n) is 6.28. The molecule has 0 radical (unpaired) electrons. The highest BCUT2D eigenvalue weighted by atomic mass is 16.5. The molecule has 1 fully saturated rings. The van der Waals surface area contributed by atoms with E-state index in [9.17, 15) is 0 Å². The van der Waals surface area contributed by atoms with Crippen LogP contribution in [0.3, 0.4) is 0 Å². The maximum atomic E-state index is 6.28. The van der Waals surface area contributed by atoms with Gasteiger partial charge in [-0.3, -0.25) is 10.1 Å². The van der Waals surface area contributed by atoms with Crippen LogP contribution in [0.2, 0.25) is 0 Å². The Morgan fingerprint density at radius 2 is 2.04 bits per heavy atom. The van der Waals surface area contributed by atoms with Gasteiger partial charge in [-0.15, -0.1) is 0 Å². The van der Waals surface area contributed by atoms with Crippen LogP contribution in [-0.2, 0) is 4.74 Å². The molecular weight excluding hydrogens is 302 g/mol. The van der Waals surface area contributed by atoms with Gasteiger partial charge in [0.1, 0.15) is 0 Å². The Bertz CT molecular complexity index is 896. The zero-order chi connectivity index (χ0) is 16.7. The summed E-state index contributed by atoms with van der Waals surface area (Å²) in [6.45, 7) is 2.64. The molecule has 0 bridgehead atoms. The predicted molar refractivity (Wildman–Crippen MR) is 95.4 cm³/mol. The van der Waals surface area contributed by atoms with E-state index in [1.807, 2.05) is 25.1 Å². The number of nitrogens with one attached hydrogen (secondary N) is 1. The first-order valence-corrected chi connectivity index (χ1v) is 8.26. The van der Waals surface area contributed by atoms with Crippen LogP contribution in [0.5, 0.6) is 0 Å². The standard InChI is InChI=1S/C18H21N5O/c1-10-16(19)17(20)12(9-21-10)11-5-4-6-13-15(11)18(23-22-13)14-7-2-3-8-24-14/h4-6,9,14H,2-3,7-8,19H2,1H3,(H2,20,21)(H,22,23). The van der Waals surface area contributed by atoms with Gasteiger partial charge in [-0.05, 0) is 37.8 Å². The number of nitrogens with two attached hydrogens (primary N) is 2. The third-order valence-corrected chi connectivity index (χ3v) is 4.76. The Kier molecular flexibility index (Phi) is 3.61. The van der Waals surface area contributed by atoms with E-state index in [0.29, 0.717) is 11.4 Å². The number of fused-ring (bicyclic) bond motifs is 1. The lowest BCUT2D eigenvalue weighted by Gasteiger charge is -2.22. The normalized spacial score (nSPS) is 18.1. The molecule has 0 saturated carbocycles. The Labute approximate surface area is 140 Å². The zero-order valence-corrected chi connectivity index (χ0v) is 13.7. The topological polar surface area (TPSA) is 103 Å². The molecule has 0 aliphatic carbocycles. The number of ether oxygens (including phenoxy) is 1. The summed E-state index contributed by atoms with van der Waals surface area (Å²) in [5.41, 5.74) is 17.9. The number of hydrogen-bond acceptors (Lipinski definition) is 5. The van der Waals surface area contributed by atoms with Crippen molar-refractivity contribution in [1.29, 1.82) is 0 Å². The zero-order valence-electron chi connectivity index (χ0n) is 13.7. The summed E-state index contributed by atoms with van der Waals surface area (Å²) in [4.78, 5) is 4.38. The van der Waals surface area contributed by atoms with Crippen LogP contribution in [0.4, 0.5) is 11.4 Å². The third kappa shape index (κ3) is 2.30. The van der Waals surface area contributed by atoms with E-state index in [1.165, 1.54) is 0 Å². The molecule has 4 rings (SSSR count). The van der Waals surface area contributed by atoms with E-state index in [4.69, 9.17) is 16.2 Å². The molecule has 1 saturated heterocycles. The second-order valence-corrected chi connectivity index (χ2v) is 6.28. The van der Waals surface area contributed by atoms with Crippen molar-refractivity contribution in [2.75, 3.05) is 18.1 Å². The van der Waals surface area contributed by atoms with Crippen molar-refractivity contribution in [3.05, 3.63) is 35.8 Å². The van der Waals surface area contributed by atoms with Crippen LogP contribution in [-0.4, -0.2) is 21.8 Å². The number of pyridine rings is 1. The Hall–Kier alpha value is -2.60. The van der Waals surface area contributed by atoms with Crippen molar-refractivity contribution in [2.24, 2.45) is 0 Å². The maximum Gasteiger partial charge on any atom is 0.0995 e. The van der Waals surface area contributed by atoms with Gasteiger partial charge in [0, 0.05) is 23.8 Å². The number of hydrogen-bond donors (Lipinski definition) is 3. The molecule has 1 aliphatic rings. The smallest absolute Gasteiger partial charge is 0.0995 e. The predicted octanol–water partition coefficient (Wildman–Crippen LogP) is 3.34. The van der Waals surface area contributed by atoms with Crippen molar-refractivity contribution >= 4 is 22.3 Å². The monoisotopic (exact) mass is 323 g/mol. The van der Waals surface area contributed by atoms with Gasteiger partial charge in [0.25, 0.3) is 0 Å². The van der Waals surface area contributed by atoms with Gasteiger partial charge in [0.2, 0.25) is 0 Å². The van der Waals surface area contributed by atoms with Crippen LogP contribution in [0.25, 0.3) is 22.0 Å². The SMILES string of the molecule is Cc1ncc(-c2cccc3n[nH]c(C4CCCCO4)c23)c(N)c1N. The Balaban J connectivity index is 1.93. The fourth-order valence-corrected chi connectivity index (χ4v) is 3.37. The number of aromatic nitrogens is 3. The molecule has 1 aromatic carbocycles. The van der Waals surface area contributed by atoms with E-state index in [-0.39, 0.29) is 6.10 Å². The van der Waals surface area contributed by atoms with Gasteiger partial charge in [-0.1, -0.05) is 12.1 Å². The molecule has 5 N–H and O–H groups in total. The molecule has 124 valence electrons. The fraction of sp³-hybridized carbons (Fsp3) is 0.333. The van der Waals surface area contributed by atoms with Crippen molar-refractivity contribution in [3.63, 3.8) is 0 Å². The Morgan fingerprint density at radius 1 is 1.17 bits per heavy atom. The summed E-state index contributed by atoms with van der Waals surface area (Å²) in [5.74, 6) is 0. The van der Waals surface area contributed by atoms with Crippen molar-refractivity contribution in [1.82, 2.24) is 15.2 Å². The minimum Gasteiger partial charge on any atom is -0.396 e. The average Bonchev–Trinajstić information content (AvgIpc) is 3.05. The third-order valence-electron chi connectivity index (χ3n) is 4.76. The van der Waals surface area contributed by atoms with Gasteiger partial charge in [-0.25, -0.2) is 0 Å². The summed E-state index contributed by atoms with van der Waals surface area (Å²) in [6.07, 6.45) is 5.10. The molecule has 24 heavy (non-hydrogen) atoms. The first-order chi connectivity index (χ1) is 11.7. The van der Waals surface area contributed by atoms with Crippen LogP contribution in [0.15, 0.2) is 24.4 Å². The lowest BCUT2D eigenvalue weighted by Crippen LogP contribution is -2.12. The molecule has 0 amide bonds. The molecule has 1 aliphatic heterocycles. The number of aromatic amines is 1. The number of benzene rings is 1. The lowest BCUT2D eigenvalue weighted by molar-refractivity contribution is 0.0132. The summed E-state index contributed by atoms with van der Waals surface area (Å²) in [5, 5.41) is 8.67. The largest absolute Gasteiger partial charge is 0.396 e. The van der Waals surface area contributed by atoms with E-state index in [2.05, 4.69) is 15.2 Å². The van der Waals surface area contributed by atoms with E-state index in [1.54, 1.807) is 6.20 Å². The van der Waals surface area contributed by atoms with Crippen LogP contribution >= 0.6 is 0 Å². The van der Waals surface area contributed by atoms with E-state index in [0.717, 1.165) is 59.3 Å². The van der Waals surface area contributed by atoms with Gasteiger partial charge in [0.05, 0.1) is 34.4 Å². The van der Waals surface area contributed by atoms with Gasteiger partial charge < -0.3 is 16.2 Å². The van der Waals surface area contributed by atoms with E-state index >= 15 is 0 Å². The minimum absolute atomic E-state index is 0.0434. The number of H-pyrrole nitrogens is 1. The second kappa shape index (κ2) is 5.79. The van der Waals surface area contributed by atoms with Gasteiger partial charge >= 0.3 is 0 Å². The Morgan fingerprint density at radius 3 is 2.83 bits per heavy atom. The molecule has 6 heteroatoms. The number of aryl methyl sites for hydroxylation is 1. The highest BCUT2D eigenvalue weighted by molar-refractivity contribution is 6.01. The first-order valence-electron chi connectivity index (χ1n) is 8.26. The van der Waals surface area contributed by atoms with Crippen LogP contribution in [0, 0.1) is 6.92 Å². The maximum absolute atomic E-state index is 6.28. The molecule has 1 atom stereocenters. The molecule has 6 nitrogen and oxygen atoms in total. The summed E-state index contributed by atoms with van der Waals surface area (Å²) >= 11 is 0. The highest BCUT2D eigenvalue weighted by Gasteiger charge is 2.23. The summed E-state index contributed by atoms with van der Waals surface area (Å²) in [7, 11) is 0. The van der Waals surface area contributed by atoms with E-state index < -0.39 is 0 Å². The molecular formula is C18H21N5O. The highest BCUT2D eigenvalue weighted by Crippen LogP contribution is 2.39. The van der Waals surface area contributed by atoms with Crippen LogP contribution < -0.4 is 11.5 Å². The number of rotatable bonds is 2. The molecule has 1 unspecified atom stereocenters. The van der Waals surface area contributed by atoms with Gasteiger partial charge in [0.15, 0.2) is 0 Å². The average molecular weight is 323 g/mol. The molecule has 2 aromatic heterocycles. The first kappa shape index (κ1) is 15.0. The fourth-order valence-electron chi connectivity index (χ4n) is 3.37. The van der Waals surface area contributed by atoms with Gasteiger partial charge in [-0.2, -0.15) is 5.10 Å². The van der Waals surface area contributed by atoms with Crippen molar-refractivity contribution in [3.8, 4) is 11.1 Å². The molecule has 3 heterocycles. The lowest BCUT2D eigenvalue weighted by atomic mass is 9.96.